The monoisotopic (exact) mass is 248 g/mol. The zero-order valence-corrected chi connectivity index (χ0v) is 13.7. The highest BCUT2D eigenvalue weighted by Gasteiger charge is 2.20. The summed E-state index contributed by atoms with van der Waals surface area (Å²) in [6, 6.07) is 9.17. The summed E-state index contributed by atoms with van der Waals surface area (Å²) in [5, 5.41) is 0. The smallest absolute Gasteiger partial charge is 0.0104 e. The molecule has 0 fully saturated rings. The largest absolute Gasteiger partial charge is 0.0683 e. The van der Waals surface area contributed by atoms with Crippen molar-refractivity contribution in [3.05, 3.63) is 35.4 Å². The summed E-state index contributed by atoms with van der Waals surface area (Å²) in [4.78, 5) is 0. The zero-order valence-electron chi connectivity index (χ0n) is 13.7. The van der Waals surface area contributed by atoms with Crippen molar-refractivity contribution in [2.45, 2.75) is 79.1 Å². The predicted molar refractivity (Wildman–Crippen MR) is 84.4 cm³/mol. The Bertz CT molecular complexity index is 322. The third-order valence-electron chi connectivity index (χ3n) is 3.41. The highest BCUT2D eigenvalue weighted by Crippen LogP contribution is 2.30. The molecule has 0 saturated heterocycles. The SMILES string of the molecule is CC.CCCC(C)(C)c1ccc(C(C)(C)C)cc1. The molecule has 1 aromatic carbocycles. The topological polar surface area (TPSA) is 0 Å². The van der Waals surface area contributed by atoms with Gasteiger partial charge in [0.2, 0.25) is 0 Å². The van der Waals surface area contributed by atoms with Crippen LogP contribution in [0.3, 0.4) is 0 Å². The highest BCUT2D eigenvalue weighted by molar-refractivity contribution is 5.31. The van der Waals surface area contributed by atoms with Gasteiger partial charge < -0.3 is 0 Å². The highest BCUT2D eigenvalue weighted by atomic mass is 14.2. The van der Waals surface area contributed by atoms with E-state index in [4.69, 9.17) is 0 Å². The Labute approximate surface area is 115 Å². The summed E-state index contributed by atoms with van der Waals surface area (Å²) in [7, 11) is 0. The Morgan fingerprint density at radius 1 is 0.778 bits per heavy atom. The standard InChI is InChI=1S/C16H26.C2H6/c1-7-12-16(5,6)14-10-8-13(9-11-14)15(2,3)4;1-2/h8-11H,7,12H2,1-6H3;1-2H3. The average molecular weight is 248 g/mol. The van der Waals surface area contributed by atoms with E-state index in [2.05, 4.69) is 65.8 Å². The van der Waals surface area contributed by atoms with Crippen molar-refractivity contribution in [3.63, 3.8) is 0 Å². The van der Waals surface area contributed by atoms with Crippen molar-refractivity contribution in [2.75, 3.05) is 0 Å². The number of hydrogen-bond donors (Lipinski definition) is 0. The molecule has 0 radical (unpaired) electrons. The Morgan fingerprint density at radius 2 is 1.17 bits per heavy atom. The lowest BCUT2D eigenvalue weighted by atomic mass is 9.79. The van der Waals surface area contributed by atoms with E-state index in [9.17, 15) is 0 Å². The van der Waals surface area contributed by atoms with E-state index < -0.39 is 0 Å². The van der Waals surface area contributed by atoms with Crippen LogP contribution in [-0.2, 0) is 10.8 Å². The fourth-order valence-corrected chi connectivity index (χ4v) is 2.19. The summed E-state index contributed by atoms with van der Waals surface area (Å²) >= 11 is 0. The first kappa shape index (κ1) is 17.2. The summed E-state index contributed by atoms with van der Waals surface area (Å²) in [6.07, 6.45) is 2.50. The Balaban J connectivity index is 0.00000137. The molecule has 0 heteroatoms. The molecule has 0 nitrogen and oxygen atoms in total. The van der Waals surface area contributed by atoms with Gasteiger partial charge in [-0.3, -0.25) is 0 Å². The van der Waals surface area contributed by atoms with Crippen molar-refractivity contribution in [2.24, 2.45) is 0 Å². The molecule has 0 atom stereocenters. The zero-order chi connectivity index (χ0) is 14.4. The Morgan fingerprint density at radius 3 is 1.50 bits per heavy atom. The van der Waals surface area contributed by atoms with Crippen LogP contribution in [0.4, 0.5) is 0 Å². The van der Waals surface area contributed by atoms with E-state index in [0.717, 1.165) is 0 Å². The third-order valence-corrected chi connectivity index (χ3v) is 3.41. The second-order valence-corrected chi connectivity index (χ2v) is 6.46. The summed E-state index contributed by atoms with van der Waals surface area (Å²) in [5.74, 6) is 0. The summed E-state index contributed by atoms with van der Waals surface area (Å²) in [6.45, 7) is 17.7. The minimum Gasteiger partial charge on any atom is -0.0683 e. The molecule has 0 heterocycles. The lowest BCUT2D eigenvalue weighted by molar-refractivity contribution is 0.472. The predicted octanol–water partition coefficient (Wildman–Crippen LogP) is 6.09. The first-order valence-corrected chi connectivity index (χ1v) is 7.38. The van der Waals surface area contributed by atoms with Gasteiger partial charge in [0.15, 0.2) is 0 Å². The summed E-state index contributed by atoms with van der Waals surface area (Å²) in [5.41, 5.74) is 3.45. The molecule has 0 aliphatic heterocycles. The van der Waals surface area contributed by atoms with Gasteiger partial charge in [0.25, 0.3) is 0 Å². The molecule has 18 heavy (non-hydrogen) atoms. The number of benzene rings is 1. The van der Waals surface area contributed by atoms with E-state index in [1.165, 1.54) is 24.0 Å². The second kappa shape index (κ2) is 6.97. The van der Waals surface area contributed by atoms with Crippen LogP contribution in [0.2, 0.25) is 0 Å². The first-order chi connectivity index (χ1) is 8.27. The fourth-order valence-electron chi connectivity index (χ4n) is 2.19. The lowest BCUT2D eigenvalue weighted by Crippen LogP contribution is -2.17. The molecule has 0 aromatic heterocycles. The molecule has 0 unspecified atom stereocenters. The van der Waals surface area contributed by atoms with Crippen LogP contribution in [0.25, 0.3) is 0 Å². The van der Waals surface area contributed by atoms with Crippen LogP contribution in [0.15, 0.2) is 24.3 Å². The van der Waals surface area contributed by atoms with Crippen molar-refractivity contribution < 1.29 is 0 Å². The van der Waals surface area contributed by atoms with Gasteiger partial charge in [-0.05, 0) is 28.4 Å². The quantitative estimate of drug-likeness (QED) is 0.607. The maximum Gasteiger partial charge on any atom is -0.0104 e. The summed E-state index contributed by atoms with van der Waals surface area (Å²) < 4.78 is 0. The number of rotatable bonds is 3. The van der Waals surface area contributed by atoms with E-state index >= 15 is 0 Å². The van der Waals surface area contributed by atoms with E-state index in [-0.39, 0.29) is 5.41 Å². The van der Waals surface area contributed by atoms with E-state index in [0.29, 0.717) is 5.41 Å². The molecule has 0 spiro atoms. The molecule has 0 aliphatic carbocycles. The van der Waals surface area contributed by atoms with Gasteiger partial charge in [-0.25, -0.2) is 0 Å². The molecule has 0 saturated carbocycles. The molecule has 1 aromatic rings. The molecule has 0 aliphatic rings. The van der Waals surface area contributed by atoms with E-state index in [1.807, 2.05) is 13.8 Å². The van der Waals surface area contributed by atoms with Crippen LogP contribution in [0.1, 0.15) is 79.4 Å². The van der Waals surface area contributed by atoms with Gasteiger partial charge in [-0.1, -0.05) is 86.1 Å². The Kier molecular flexibility index (Phi) is 6.67. The van der Waals surface area contributed by atoms with Crippen molar-refractivity contribution in [3.8, 4) is 0 Å². The Hall–Kier alpha value is -0.780. The number of hydrogen-bond acceptors (Lipinski definition) is 0. The maximum atomic E-state index is 2.34. The third kappa shape index (κ3) is 4.84. The fraction of sp³-hybridized carbons (Fsp3) is 0.667. The molecular formula is C18H32. The van der Waals surface area contributed by atoms with E-state index in [1.54, 1.807) is 0 Å². The minimum absolute atomic E-state index is 0.257. The average Bonchev–Trinajstić information content (AvgIpc) is 2.31. The first-order valence-electron chi connectivity index (χ1n) is 7.38. The van der Waals surface area contributed by atoms with Gasteiger partial charge in [0, 0.05) is 0 Å². The van der Waals surface area contributed by atoms with Crippen molar-refractivity contribution in [1.29, 1.82) is 0 Å². The van der Waals surface area contributed by atoms with Crippen LogP contribution in [0.5, 0.6) is 0 Å². The lowest BCUT2D eigenvalue weighted by Gasteiger charge is -2.26. The maximum absolute atomic E-state index is 2.34. The van der Waals surface area contributed by atoms with Gasteiger partial charge in [0.05, 0.1) is 0 Å². The minimum atomic E-state index is 0.257. The molecule has 104 valence electrons. The molecular weight excluding hydrogens is 216 g/mol. The molecule has 1 rings (SSSR count). The second-order valence-electron chi connectivity index (χ2n) is 6.46. The molecule has 0 N–H and O–H groups in total. The molecule has 0 amide bonds. The van der Waals surface area contributed by atoms with Gasteiger partial charge in [-0.15, -0.1) is 0 Å². The van der Waals surface area contributed by atoms with Crippen molar-refractivity contribution >= 4 is 0 Å². The van der Waals surface area contributed by atoms with Crippen LogP contribution in [0, 0.1) is 0 Å². The van der Waals surface area contributed by atoms with Crippen LogP contribution < -0.4 is 0 Å². The molecule has 0 bridgehead atoms. The normalized spacial score (nSPS) is 11.8. The van der Waals surface area contributed by atoms with Gasteiger partial charge in [0.1, 0.15) is 0 Å². The van der Waals surface area contributed by atoms with Crippen LogP contribution in [-0.4, -0.2) is 0 Å². The van der Waals surface area contributed by atoms with Gasteiger partial charge in [-0.2, -0.15) is 0 Å². The van der Waals surface area contributed by atoms with Gasteiger partial charge >= 0.3 is 0 Å². The van der Waals surface area contributed by atoms with Crippen LogP contribution >= 0.6 is 0 Å². The van der Waals surface area contributed by atoms with Crippen molar-refractivity contribution in [1.82, 2.24) is 0 Å².